The lowest BCUT2D eigenvalue weighted by molar-refractivity contribution is -0.134. The summed E-state index contributed by atoms with van der Waals surface area (Å²) >= 11 is 0. The molecule has 0 aromatic heterocycles. The van der Waals surface area contributed by atoms with E-state index in [4.69, 9.17) is 5.41 Å². The first-order chi connectivity index (χ1) is 6.43. The van der Waals surface area contributed by atoms with Crippen LogP contribution < -0.4 is 5.43 Å². The largest absolute Gasteiger partial charge is 0.286 e. The third-order valence-corrected chi connectivity index (χ3v) is 2.31. The fourth-order valence-corrected chi connectivity index (χ4v) is 1.51. The summed E-state index contributed by atoms with van der Waals surface area (Å²) in [5.74, 6) is -0.170. The summed E-state index contributed by atoms with van der Waals surface area (Å²) in [4.78, 5) is 22.2. The molecule has 1 heterocycles. The fraction of sp³-hybridized carbons (Fsp3) is 0.667. The van der Waals surface area contributed by atoms with Crippen molar-refractivity contribution in [3.05, 3.63) is 0 Å². The third-order valence-electron chi connectivity index (χ3n) is 2.31. The van der Waals surface area contributed by atoms with E-state index in [1.807, 2.05) is 13.8 Å². The molecule has 5 heteroatoms. The van der Waals surface area contributed by atoms with Crippen LogP contribution in [0.1, 0.15) is 27.2 Å². The number of nitrogens with one attached hydrogen (secondary N) is 2. The molecule has 1 atom stereocenters. The average molecular weight is 197 g/mol. The molecule has 0 aromatic rings. The highest BCUT2D eigenvalue weighted by molar-refractivity contribution is 6.05. The molecule has 1 fully saturated rings. The maximum atomic E-state index is 11.4. The number of carbonyl (C=O) groups excluding carboxylic acids is 2. The molecule has 0 aromatic carbocycles. The van der Waals surface area contributed by atoms with E-state index in [1.54, 1.807) is 0 Å². The molecule has 1 unspecified atom stereocenters. The summed E-state index contributed by atoms with van der Waals surface area (Å²) in [5, 5.41) is 8.76. The van der Waals surface area contributed by atoms with Crippen LogP contribution in [0.25, 0.3) is 0 Å². The zero-order chi connectivity index (χ0) is 10.9. The number of hydrogen-bond donors (Lipinski definition) is 2. The second-order valence-electron chi connectivity index (χ2n) is 3.84. The van der Waals surface area contributed by atoms with Crippen LogP contribution in [0.3, 0.4) is 0 Å². The van der Waals surface area contributed by atoms with E-state index in [1.165, 1.54) is 6.92 Å². The van der Waals surface area contributed by atoms with E-state index >= 15 is 0 Å². The van der Waals surface area contributed by atoms with Crippen molar-refractivity contribution in [2.45, 2.75) is 27.2 Å². The van der Waals surface area contributed by atoms with Crippen molar-refractivity contribution < 1.29 is 9.59 Å². The van der Waals surface area contributed by atoms with Gasteiger partial charge >= 0.3 is 0 Å². The summed E-state index contributed by atoms with van der Waals surface area (Å²) in [5.41, 5.74) is 2.35. The van der Waals surface area contributed by atoms with Crippen molar-refractivity contribution in [1.29, 1.82) is 5.41 Å². The molecule has 0 aliphatic carbocycles. The van der Waals surface area contributed by atoms with Gasteiger partial charge in [0, 0.05) is 19.3 Å². The first-order valence-corrected chi connectivity index (χ1v) is 4.62. The molecule has 5 nitrogen and oxygen atoms in total. The Balaban J connectivity index is 2.75. The molecule has 2 N–H and O–H groups in total. The van der Waals surface area contributed by atoms with Crippen molar-refractivity contribution in [2.75, 3.05) is 0 Å². The molecule has 78 valence electrons. The Morgan fingerprint density at radius 2 is 2.21 bits per heavy atom. The fourth-order valence-electron chi connectivity index (χ4n) is 1.51. The van der Waals surface area contributed by atoms with Gasteiger partial charge in [0.2, 0.25) is 11.8 Å². The molecule has 0 bridgehead atoms. The summed E-state index contributed by atoms with van der Waals surface area (Å²) in [6.45, 7) is 5.25. The number of hydrogen-bond acceptors (Lipinski definition) is 3. The Hall–Kier alpha value is -1.39. The minimum absolute atomic E-state index is 0.0747. The zero-order valence-corrected chi connectivity index (χ0v) is 8.63. The van der Waals surface area contributed by atoms with Crippen LogP contribution >= 0.6 is 0 Å². The SMILES string of the molecule is CC(=O)NN1C(=N)C(C(C)C)CC1=O. The molecular formula is C9H15N3O2. The summed E-state index contributed by atoms with van der Waals surface area (Å²) < 4.78 is 0. The van der Waals surface area contributed by atoms with Gasteiger partial charge < -0.3 is 0 Å². The Kier molecular flexibility index (Phi) is 2.88. The highest BCUT2D eigenvalue weighted by atomic mass is 16.2. The van der Waals surface area contributed by atoms with Crippen LogP contribution in [-0.4, -0.2) is 22.7 Å². The molecule has 1 aliphatic rings. The molecule has 0 spiro atoms. The molecule has 14 heavy (non-hydrogen) atoms. The lowest BCUT2D eigenvalue weighted by Gasteiger charge is -2.18. The number of hydrazine groups is 1. The predicted molar refractivity (Wildman–Crippen MR) is 51.3 cm³/mol. The Morgan fingerprint density at radius 3 is 2.57 bits per heavy atom. The van der Waals surface area contributed by atoms with Crippen LogP contribution in [0, 0.1) is 17.2 Å². The normalized spacial score (nSPS) is 22.0. The van der Waals surface area contributed by atoms with Gasteiger partial charge in [0.05, 0.1) is 0 Å². The Labute approximate surface area is 82.9 Å². The average Bonchev–Trinajstić information content (AvgIpc) is 2.31. The molecule has 0 radical (unpaired) electrons. The smallest absolute Gasteiger partial charge is 0.247 e. The van der Waals surface area contributed by atoms with Gasteiger partial charge in [-0.15, -0.1) is 0 Å². The summed E-state index contributed by atoms with van der Waals surface area (Å²) in [6, 6.07) is 0. The van der Waals surface area contributed by atoms with Crippen LogP contribution in [0.2, 0.25) is 0 Å². The standard InChI is InChI=1S/C9H15N3O2/c1-5(2)7-4-8(14)12(9(7)10)11-6(3)13/h5,7,10H,4H2,1-3H3,(H,11,13). The van der Waals surface area contributed by atoms with E-state index in [9.17, 15) is 9.59 Å². The van der Waals surface area contributed by atoms with Gasteiger partial charge in [0.1, 0.15) is 5.84 Å². The van der Waals surface area contributed by atoms with Crippen LogP contribution in [-0.2, 0) is 9.59 Å². The lowest BCUT2D eigenvalue weighted by atomic mass is 9.94. The molecule has 0 saturated carbocycles. The molecule has 1 aliphatic heterocycles. The second kappa shape index (κ2) is 3.77. The first kappa shape index (κ1) is 10.7. The summed E-state index contributed by atoms with van der Waals surface area (Å²) in [6.07, 6.45) is 0.316. The lowest BCUT2D eigenvalue weighted by Crippen LogP contribution is -2.45. The van der Waals surface area contributed by atoms with Gasteiger partial charge in [0.25, 0.3) is 0 Å². The van der Waals surface area contributed by atoms with Gasteiger partial charge in [0.15, 0.2) is 0 Å². The van der Waals surface area contributed by atoms with Gasteiger partial charge in [-0.25, -0.2) is 5.01 Å². The van der Waals surface area contributed by atoms with Gasteiger partial charge in [-0.05, 0) is 5.92 Å². The number of carbonyl (C=O) groups is 2. The summed E-state index contributed by atoms with van der Waals surface area (Å²) in [7, 11) is 0. The third kappa shape index (κ3) is 1.92. The van der Waals surface area contributed by atoms with Crippen LogP contribution in [0.15, 0.2) is 0 Å². The number of amidine groups is 1. The Morgan fingerprint density at radius 1 is 1.64 bits per heavy atom. The number of nitrogens with zero attached hydrogens (tertiary/aromatic N) is 1. The number of rotatable bonds is 2. The van der Waals surface area contributed by atoms with Crippen LogP contribution in [0.5, 0.6) is 0 Å². The first-order valence-electron chi connectivity index (χ1n) is 4.62. The van der Waals surface area contributed by atoms with Crippen LogP contribution in [0.4, 0.5) is 0 Å². The molecule has 1 rings (SSSR count). The maximum absolute atomic E-state index is 11.4. The minimum Gasteiger partial charge on any atom is -0.286 e. The van der Waals surface area contributed by atoms with Crippen molar-refractivity contribution in [3.63, 3.8) is 0 Å². The van der Waals surface area contributed by atoms with Gasteiger partial charge in [-0.1, -0.05) is 13.8 Å². The van der Waals surface area contributed by atoms with Crippen molar-refractivity contribution in [2.24, 2.45) is 11.8 Å². The molecule has 2 amide bonds. The van der Waals surface area contributed by atoms with Gasteiger partial charge in [-0.3, -0.25) is 20.4 Å². The quantitative estimate of drug-likeness (QED) is 0.677. The zero-order valence-electron chi connectivity index (χ0n) is 8.63. The minimum atomic E-state index is -0.326. The molecule has 1 saturated heterocycles. The van der Waals surface area contributed by atoms with E-state index < -0.39 is 0 Å². The second-order valence-corrected chi connectivity index (χ2v) is 3.84. The topological polar surface area (TPSA) is 73.3 Å². The molecular weight excluding hydrogens is 182 g/mol. The van der Waals surface area contributed by atoms with Crippen molar-refractivity contribution in [1.82, 2.24) is 10.4 Å². The highest BCUT2D eigenvalue weighted by Crippen LogP contribution is 2.25. The monoisotopic (exact) mass is 197 g/mol. The van der Waals surface area contributed by atoms with E-state index in [0.717, 1.165) is 5.01 Å². The highest BCUT2D eigenvalue weighted by Gasteiger charge is 2.37. The van der Waals surface area contributed by atoms with Crippen molar-refractivity contribution >= 4 is 17.6 Å². The van der Waals surface area contributed by atoms with E-state index in [2.05, 4.69) is 5.43 Å². The van der Waals surface area contributed by atoms with Gasteiger partial charge in [-0.2, -0.15) is 0 Å². The van der Waals surface area contributed by atoms with E-state index in [0.29, 0.717) is 6.42 Å². The number of amides is 2. The predicted octanol–water partition coefficient (Wildman–Crippen LogP) is 0.519. The maximum Gasteiger partial charge on any atom is 0.247 e. The Bertz CT molecular complexity index is 286. The van der Waals surface area contributed by atoms with E-state index in [-0.39, 0.29) is 29.5 Å². The van der Waals surface area contributed by atoms with Crippen molar-refractivity contribution in [3.8, 4) is 0 Å².